The van der Waals surface area contributed by atoms with Crippen LogP contribution in [0.3, 0.4) is 0 Å². The number of carbonyl (C=O) groups excluding carboxylic acids is 1. The Bertz CT molecular complexity index is 206. The van der Waals surface area contributed by atoms with Crippen molar-refractivity contribution < 1.29 is 4.79 Å². The van der Waals surface area contributed by atoms with Gasteiger partial charge >= 0.3 is 0 Å². The summed E-state index contributed by atoms with van der Waals surface area (Å²) in [4.78, 5) is 13.9. The Labute approximate surface area is 108 Å². The maximum absolute atomic E-state index is 11.7. The van der Waals surface area contributed by atoms with E-state index >= 15 is 0 Å². The van der Waals surface area contributed by atoms with Gasteiger partial charge in [-0.3, -0.25) is 4.79 Å². The standard InChI is InChI=1S/C10H18Br2N2O/c1-14-6-3-8(4-7-14)13-10(15)9(12)2-5-11/h8-9H,2-7H2,1H3,(H,13,15). The summed E-state index contributed by atoms with van der Waals surface area (Å²) in [6.07, 6.45) is 2.96. The van der Waals surface area contributed by atoms with Gasteiger partial charge in [0.2, 0.25) is 5.91 Å². The number of carbonyl (C=O) groups is 1. The second-order valence-electron chi connectivity index (χ2n) is 4.03. The molecule has 0 aromatic heterocycles. The largest absolute Gasteiger partial charge is 0.352 e. The van der Waals surface area contributed by atoms with Crippen LogP contribution >= 0.6 is 31.9 Å². The zero-order valence-electron chi connectivity index (χ0n) is 9.01. The van der Waals surface area contributed by atoms with Gasteiger partial charge in [0.25, 0.3) is 0 Å². The molecule has 0 bridgehead atoms. The van der Waals surface area contributed by atoms with E-state index in [0.29, 0.717) is 6.04 Å². The minimum Gasteiger partial charge on any atom is -0.352 e. The third-order valence-electron chi connectivity index (χ3n) is 2.71. The van der Waals surface area contributed by atoms with E-state index in [2.05, 4.69) is 49.1 Å². The van der Waals surface area contributed by atoms with E-state index in [4.69, 9.17) is 0 Å². The van der Waals surface area contributed by atoms with Crippen molar-refractivity contribution in [3.05, 3.63) is 0 Å². The predicted octanol–water partition coefficient (Wildman–Crippen LogP) is 1.75. The number of halogens is 2. The van der Waals surface area contributed by atoms with Gasteiger partial charge in [-0.25, -0.2) is 0 Å². The molecule has 1 N–H and O–H groups in total. The highest BCUT2D eigenvalue weighted by atomic mass is 79.9. The van der Waals surface area contributed by atoms with E-state index in [1.54, 1.807) is 0 Å². The predicted molar refractivity (Wildman–Crippen MR) is 69.8 cm³/mol. The minimum atomic E-state index is -0.0588. The molecule has 0 spiro atoms. The average molecular weight is 342 g/mol. The van der Waals surface area contributed by atoms with Gasteiger partial charge in [0.1, 0.15) is 0 Å². The van der Waals surface area contributed by atoms with Crippen LogP contribution in [-0.2, 0) is 4.79 Å². The molecule has 88 valence electrons. The number of nitrogens with zero attached hydrogens (tertiary/aromatic N) is 1. The molecule has 0 aromatic carbocycles. The SMILES string of the molecule is CN1CCC(NC(=O)C(Br)CCBr)CC1. The number of hydrogen-bond acceptors (Lipinski definition) is 2. The van der Waals surface area contributed by atoms with Crippen molar-refractivity contribution in [3.63, 3.8) is 0 Å². The molecule has 1 atom stereocenters. The van der Waals surface area contributed by atoms with Crippen molar-refractivity contribution in [2.45, 2.75) is 30.1 Å². The fourth-order valence-electron chi connectivity index (χ4n) is 1.67. The van der Waals surface area contributed by atoms with E-state index in [9.17, 15) is 4.79 Å². The minimum absolute atomic E-state index is 0.0588. The summed E-state index contributed by atoms with van der Waals surface area (Å²) in [7, 11) is 2.12. The molecule has 1 unspecified atom stereocenters. The number of piperidine rings is 1. The van der Waals surface area contributed by atoms with Crippen molar-refractivity contribution >= 4 is 37.8 Å². The van der Waals surface area contributed by atoms with Crippen LogP contribution in [0.2, 0.25) is 0 Å². The smallest absolute Gasteiger partial charge is 0.234 e. The molecule has 5 heteroatoms. The molecule has 1 aliphatic heterocycles. The highest BCUT2D eigenvalue weighted by Gasteiger charge is 2.21. The van der Waals surface area contributed by atoms with Crippen LogP contribution in [0.25, 0.3) is 0 Å². The molecule has 0 radical (unpaired) electrons. The highest BCUT2D eigenvalue weighted by molar-refractivity contribution is 9.10. The zero-order valence-corrected chi connectivity index (χ0v) is 12.2. The quantitative estimate of drug-likeness (QED) is 0.790. The Hall–Kier alpha value is 0.390. The molecule has 0 aromatic rings. The average Bonchev–Trinajstić information content (AvgIpc) is 2.22. The fourth-order valence-corrected chi connectivity index (χ4v) is 3.10. The normalized spacial score (nSPS) is 21.3. The Kier molecular flexibility index (Phi) is 6.16. The second kappa shape index (κ2) is 6.86. The molecule has 15 heavy (non-hydrogen) atoms. The molecule has 1 amide bonds. The lowest BCUT2D eigenvalue weighted by Gasteiger charge is -2.30. The summed E-state index contributed by atoms with van der Waals surface area (Å²) in [6.45, 7) is 2.16. The van der Waals surface area contributed by atoms with Crippen molar-refractivity contribution in [3.8, 4) is 0 Å². The summed E-state index contributed by atoms with van der Waals surface area (Å²) < 4.78 is 0. The molecule has 0 aliphatic carbocycles. The summed E-state index contributed by atoms with van der Waals surface area (Å²) in [5, 5.41) is 3.94. The first kappa shape index (κ1) is 13.5. The third kappa shape index (κ3) is 4.83. The van der Waals surface area contributed by atoms with E-state index in [1.807, 2.05) is 0 Å². The lowest BCUT2D eigenvalue weighted by atomic mass is 10.1. The summed E-state index contributed by atoms with van der Waals surface area (Å²) in [5.74, 6) is 0.129. The van der Waals surface area contributed by atoms with Gasteiger partial charge in [0.15, 0.2) is 0 Å². The van der Waals surface area contributed by atoms with E-state index < -0.39 is 0 Å². The van der Waals surface area contributed by atoms with Gasteiger partial charge in [-0.15, -0.1) is 0 Å². The number of alkyl halides is 2. The van der Waals surface area contributed by atoms with Crippen LogP contribution < -0.4 is 5.32 Å². The first-order valence-electron chi connectivity index (χ1n) is 5.32. The Morgan fingerprint density at radius 1 is 1.53 bits per heavy atom. The molecular formula is C10H18Br2N2O. The number of amides is 1. The number of likely N-dealkylation sites (tertiary alicyclic amines) is 1. The molecule has 1 aliphatic rings. The highest BCUT2D eigenvalue weighted by Crippen LogP contribution is 2.11. The van der Waals surface area contributed by atoms with Crippen molar-refractivity contribution in [1.29, 1.82) is 0 Å². The van der Waals surface area contributed by atoms with Gasteiger partial charge in [0, 0.05) is 11.4 Å². The van der Waals surface area contributed by atoms with Gasteiger partial charge in [0.05, 0.1) is 4.83 Å². The lowest BCUT2D eigenvalue weighted by molar-refractivity contribution is -0.121. The van der Waals surface area contributed by atoms with Crippen LogP contribution in [0.1, 0.15) is 19.3 Å². The maximum atomic E-state index is 11.7. The molecular weight excluding hydrogens is 324 g/mol. The van der Waals surface area contributed by atoms with Crippen LogP contribution in [0, 0.1) is 0 Å². The number of rotatable bonds is 4. The Balaban J connectivity index is 2.25. The Morgan fingerprint density at radius 2 is 2.13 bits per heavy atom. The molecule has 3 nitrogen and oxygen atoms in total. The van der Waals surface area contributed by atoms with Gasteiger partial charge in [-0.05, 0) is 39.4 Å². The number of hydrogen-bond donors (Lipinski definition) is 1. The summed E-state index contributed by atoms with van der Waals surface area (Å²) in [6, 6.07) is 0.365. The molecule has 1 rings (SSSR count). The van der Waals surface area contributed by atoms with Crippen LogP contribution in [0.4, 0.5) is 0 Å². The topological polar surface area (TPSA) is 32.3 Å². The van der Waals surface area contributed by atoms with E-state index in [1.165, 1.54) is 0 Å². The first-order valence-corrected chi connectivity index (χ1v) is 7.36. The monoisotopic (exact) mass is 340 g/mol. The second-order valence-corrected chi connectivity index (χ2v) is 5.93. The fraction of sp³-hybridized carbons (Fsp3) is 0.900. The van der Waals surface area contributed by atoms with Crippen molar-refractivity contribution in [2.75, 3.05) is 25.5 Å². The zero-order chi connectivity index (χ0) is 11.3. The van der Waals surface area contributed by atoms with Crippen LogP contribution in [0.15, 0.2) is 0 Å². The lowest BCUT2D eigenvalue weighted by Crippen LogP contribution is -2.45. The van der Waals surface area contributed by atoms with E-state index in [0.717, 1.165) is 37.7 Å². The van der Waals surface area contributed by atoms with Gasteiger partial charge in [-0.2, -0.15) is 0 Å². The Morgan fingerprint density at radius 3 is 2.67 bits per heavy atom. The molecule has 0 saturated carbocycles. The maximum Gasteiger partial charge on any atom is 0.234 e. The van der Waals surface area contributed by atoms with Crippen LogP contribution in [-0.4, -0.2) is 47.1 Å². The van der Waals surface area contributed by atoms with Crippen molar-refractivity contribution in [2.24, 2.45) is 0 Å². The summed E-state index contributed by atoms with van der Waals surface area (Å²) >= 11 is 6.72. The summed E-state index contributed by atoms with van der Waals surface area (Å²) in [5.41, 5.74) is 0. The molecule has 1 heterocycles. The number of nitrogens with one attached hydrogen (secondary N) is 1. The molecule has 1 fully saturated rings. The van der Waals surface area contributed by atoms with Crippen LogP contribution in [0.5, 0.6) is 0 Å². The van der Waals surface area contributed by atoms with Gasteiger partial charge < -0.3 is 10.2 Å². The van der Waals surface area contributed by atoms with Gasteiger partial charge in [-0.1, -0.05) is 31.9 Å². The first-order chi connectivity index (χ1) is 7.13. The molecule has 1 saturated heterocycles. The van der Waals surface area contributed by atoms with Crippen molar-refractivity contribution in [1.82, 2.24) is 10.2 Å². The third-order valence-corrected chi connectivity index (χ3v) is 4.04. The van der Waals surface area contributed by atoms with E-state index in [-0.39, 0.29) is 10.7 Å².